The summed E-state index contributed by atoms with van der Waals surface area (Å²) in [7, 11) is 1.22. The van der Waals surface area contributed by atoms with Gasteiger partial charge in [-0.1, -0.05) is 114 Å². The number of rotatable bonds is 33. The van der Waals surface area contributed by atoms with Crippen molar-refractivity contribution in [1.82, 2.24) is 5.32 Å². The highest BCUT2D eigenvalue weighted by molar-refractivity contribution is 7.45. The number of aliphatic hydroxyl groups is 1. The molecule has 0 aromatic rings. The molecule has 0 radical (unpaired) electrons. The first kappa shape index (κ1) is 46.5. The Morgan fingerprint density at radius 2 is 1.17 bits per heavy atom. The predicted octanol–water partition coefficient (Wildman–Crippen LogP) is 9.11. The van der Waals surface area contributed by atoms with Gasteiger partial charge >= 0.3 is 0 Å². The van der Waals surface area contributed by atoms with Crippen LogP contribution in [0, 0.1) is 0 Å². The van der Waals surface area contributed by atoms with Crippen molar-refractivity contribution in [3.63, 3.8) is 0 Å². The number of allylic oxidation sites excluding steroid dienone is 7. The monoisotopic (exact) mass is 697 g/mol. The van der Waals surface area contributed by atoms with Crippen LogP contribution in [0.2, 0.25) is 0 Å². The van der Waals surface area contributed by atoms with Gasteiger partial charge in [-0.25, -0.2) is 0 Å². The van der Waals surface area contributed by atoms with E-state index in [-0.39, 0.29) is 12.5 Å². The van der Waals surface area contributed by atoms with Gasteiger partial charge in [0.1, 0.15) is 13.2 Å². The van der Waals surface area contributed by atoms with E-state index in [1.54, 1.807) is 6.08 Å². The molecule has 0 bridgehead atoms. The van der Waals surface area contributed by atoms with Crippen molar-refractivity contribution < 1.29 is 32.9 Å². The van der Waals surface area contributed by atoms with Crippen molar-refractivity contribution >= 4 is 13.7 Å². The molecular weight excluding hydrogens is 623 g/mol. The van der Waals surface area contributed by atoms with E-state index in [9.17, 15) is 19.4 Å². The Morgan fingerprint density at radius 1 is 0.708 bits per heavy atom. The molecule has 2 N–H and O–H groups in total. The minimum Gasteiger partial charge on any atom is -0.756 e. The molecule has 0 fully saturated rings. The zero-order valence-corrected chi connectivity index (χ0v) is 32.3. The zero-order chi connectivity index (χ0) is 35.8. The number of nitrogens with zero attached hydrogens (tertiary/aromatic N) is 1. The highest BCUT2D eigenvalue weighted by atomic mass is 31.2. The van der Waals surface area contributed by atoms with Crippen LogP contribution in [-0.4, -0.2) is 68.5 Å². The van der Waals surface area contributed by atoms with Crippen molar-refractivity contribution in [1.29, 1.82) is 0 Å². The molecular formula is C39H73N2O6P. The summed E-state index contributed by atoms with van der Waals surface area (Å²) in [5.74, 6) is -0.233. The SMILES string of the molecule is CCCCC/C=C/CC/C=C/CC/C=C/C(O)C(COP(=O)([O-])OCC[N+](C)(C)C)NC(=O)CCCCC/C=C\CCCCCCCC. The summed E-state index contributed by atoms with van der Waals surface area (Å²) in [5.41, 5.74) is 0. The second-order valence-electron chi connectivity index (χ2n) is 13.9. The lowest BCUT2D eigenvalue weighted by Gasteiger charge is -2.29. The van der Waals surface area contributed by atoms with E-state index in [1.807, 2.05) is 27.2 Å². The fourth-order valence-corrected chi connectivity index (χ4v) is 5.60. The lowest BCUT2D eigenvalue weighted by Crippen LogP contribution is -2.45. The van der Waals surface area contributed by atoms with Gasteiger partial charge in [0, 0.05) is 6.42 Å². The molecule has 48 heavy (non-hydrogen) atoms. The van der Waals surface area contributed by atoms with Gasteiger partial charge in [0.15, 0.2) is 0 Å². The Hall–Kier alpha value is -1.54. The maximum atomic E-state index is 12.7. The van der Waals surface area contributed by atoms with Gasteiger partial charge in [0.05, 0.1) is 39.9 Å². The third-order valence-corrected chi connectivity index (χ3v) is 8.95. The van der Waals surface area contributed by atoms with Crippen molar-refractivity contribution in [2.45, 2.75) is 154 Å². The quantitative estimate of drug-likeness (QED) is 0.0307. The summed E-state index contributed by atoms with van der Waals surface area (Å²) in [6.07, 6.45) is 37.3. The number of nitrogens with one attached hydrogen (secondary N) is 1. The molecule has 0 rings (SSSR count). The van der Waals surface area contributed by atoms with Gasteiger partial charge in [-0.3, -0.25) is 9.36 Å². The molecule has 0 aliphatic carbocycles. The highest BCUT2D eigenvalue weighted by Crippen LogP contribution is 2.38. The first-order valence-electron chi connectivity index (χ1n) is 19.0. The van der Waals surface area contributed by atoms with Gasteiger partial charge in [0.2, 0.25) is 5.91 Å². The van der Waals surface area contributed by atoms with E-state index in [0.29, 0.717) is 17.4 Å². The Morgan fingerprint density at radius 3 is 1.73 bits per heavy atom. The maximum Gasteiger partial charge on any atom is 0.268 e. The number of amides is 1. The van der Waals surface area contributed by atoms with Crippen LogP contribution in [0.4, 0.5) is 0 Å². The number of phosphoric acid groups is 1. The zero-order valence-electron chi connectivity index (χ0n) is 31.4. The molecule has 1 amide bonds. The Kier molecular flexibility index (Phi) is 30.4. The summed E-state index contributed by atoms with van der Waals surface area (Å²) in [5, 5.41) is 13.6. The second kappa shape index (κ2) is 31.4. The van der Waals surface area contributed by atoms with Gasteiger partial charge < -0.3 is 28.8 Å². The number of quaternary nitrogens is 1. The average molecular weight is 697 g/mol. The number of aliphatic hydroxyl groups excluding tert-OH is 1. The van der Waals surface area contributed by atoms with E-state index in [1.165, 1.54) is 57.8 Å². The highest BCUT2D eigenvalue weighted by Gasteiger charge is 2.23. The number of phosphoric ester groups is 1. The molecule has 0 aromatic carbocycles. The van der Waals surface area contributed by atoms with Crippen LogP contribution in [0.1, 0.15) is 142 Å². The number of hydrogen-bond acceptors (Lipinski definition) is 6. The topological polar surface area (TPSA) is 108 Å². The van der Waals surface area contributed by atoms with Crippen molar-refractivity contribution in [3.05, 3.63) is 48.6 Å². The van der Waals surface area contributed by atoms with E-state index < -0.39 is 26.6 Å². The molecule has 0 saturated carbocycles. The molecule has 0 spiro atoms. The smallest absolute Gasteiger partial charge is 0.268 e. The predicted molar refractivity (Wildman–Crippen MR) is 201 cm³/mol. The number of likely N-dealkylation sites (N-methyl/N-ethyl adjacent to an activating group) is 1. The largest absolute Gasteiger partial charge is 0.756 e. The van der Waals surface area contributed by atoms with Crippen LogP contribution in [0.15, 0.2) is 48.6 Å². The van der Waals surface area contributed by atoms with Crippen LogP contribution < -0.4 is 10.2 Å². The maximum absolute atomic E-state index is 12.7. The van der Waals surface area contributed by atoms with Crippen LogP contribution in [0.25, 0.3) is 0 Å². The third-order valence-electron chi connectivity index (χ3n) is 7.99. The summed E-state index contributed by atoms with van der Waals surface area (Å²) < 4.78 is 23.0. The molecule has 280 valence electrons. The standard InChI is InChI=1S/C39H73N2O6P/c1-6-8-10-12-14-16-18-20-22-24-26-28-30-32-38(42)37(36-47-48(44,45)46-35-34-41(3,4)5)40-39(43)33-31-29-27-25-23-21-19-17-15-13-11-9-7-2/h14,16,21-24,30,32,37-38,42H,6-13,15,17-20,25-29,31,33-36H2,1-5H3,(H-,40,43,44,45)/b16-14+,23-21-,24-22+,32-30+. The first-order valence-corrected chi connectivity index (χ1v) is 20.5. The van der Waals surface area contributed by atoms with Gasteiger partial charge in [0.25, 0.3) is 7.82 Å². The minimum atomic E-state index is -4.59. The van der Waals surface area contributed by atoms with Crippen molar-refractivity contribution in [2.24, 2.45) is 0 Å². The second-order valence-corrected chi connectivity index (χ2v) is 15.3. The molecule has 0 aliphatic rings. The number of hydrogen-bond donors (Lipinski definition) is 2. The number of unbranched alkanes of at least 4 members (excludes halogenated alkanes) is 14. The lowest BCUT2D eigenvalue weighted by atomic mass is 10.1. The summed E-state index contributed by atoms with van der Waals surface area (Å²) >= 11 is 0. The minimum absolute atomic E-state index is 0.0131. The molecule has 3 atom stereocenters. The first-order chi connectivity index (χ1) is 23.0. The Bertz CT molecular complexity index is 928. The van der Waals surface area contributed by atoms with Crippen LogP contribution in [-0.2, 0) is 18.4 Å². The summed E-state index contributed by atoms with van der Waals surface area (Å²) in [6.45, 7) is 4.52. The molecule has 0 aliphatic heterocycles. The molecule has 3 unspecified atom stereocenters. The summed E-state index contributed by atoms with van der Waals surface area (Å²) in [4.78, 5) is 25.1. The average Bonchev–Trinajstić information content (AvgIpc) is 3.02. The lowest BCUT2D eigenvalue weighted by molar-refractivity contribution is -0.870. The van der Waals surface area contributed by atoms with Gasteiger partial charge in [-0.2, -0.15) is 0 Å². The number of carbonyl (C=O) groups excluding carboxylic acids is 1. The fourth-order valence-electron chi connectivity index (χ4n) is 4.88. The molecule has 0 heterocycles. The van der Waals surface area contributed by atoms with Crippen molar-refractivity contribution in [3.8, 4) is 0 Å². The van der Waals surface area contributed by atoms with E-state index in [0.717, 1.165) is 64.2 Å². The normalized spacial score (nSPS) is 15.2. The van der Waals surface area contributed by atoms with Crippen molar-refractivity contribution in [2.75, 3.05) is 40.9 Å². The van der Waals surface area contributed by atoms with E-state index in [2.05, 4.69) is 55.6 Å². The third kappa shape index (κ3) is 33.0. The van der Waals surface area contributed by atoms with Crippen LogP contribution in [0.5, 0.6) is 0 Å². The Labute approximate surface area is 295 Å². The van der Waals surface area contributed by atoms with Gasteiger partial charge in [-0.05, 0) is 70.6 Å². The number of carbonyl (C=O) groups is 1. The Balaban J connectivity index is 4.67. The molecule has 0 saturated heterocycles. The van der Waals surface area contributed by atoms with Gasteiger partial charge in [-0.15, -0.1) is 0 Å². The molecule has 9 heteroatoms. The van der Waals surface area contributed by atoms with E-state index >= 15 is 0 Å². The summed E-state index contributed by atoms with van der Waals surface area (Å²) in [6, 6.07) is -0.914. The van der Waals surface area contributed by atoms with Crippen LogP contribution in [0.3, 0.4) is 0 Å². The fraction of sp³-hybridized carbons (Fsp3) is 0.769. The molecule has 0 aromatic heterocycles. The van der Waals surface area contributed by atoms with Crippen LogP contribution >= 0.6 is 7.82 Å². The van der Waals surface area contributed by atoms with E-state index in [4.69, 9.17) is 9.05 Å². The molecule has 8 nitrogen and oxygen atoms in total.